The Balaban J connectivity index is 2.10. The van der Waals surface area contributed by atoms with Gasteiger partial charge in [-0.05, 0) is 36.2 Å². The van der Waals surface area contributed by atoms with Crippen LogP contribution in [-0.4, -0.2) is 22.8 Å². The highest BCUT2D eigenvalue weighted by molar-refractivity contribution is 6.41. The lowest BCUT2D eigenvalue weighted by Gasteiger charge is -2.15. The molecule has 3 rings (SSSR count). The molecule has 0 aliphatic rings. The number of halogens is 2. The van der Waals surface area contributed by atoms with Crippen molar-refractivity contribution in [3.63, 3.8) is 0 Å². The topological polar surface area (TPSA) is 60.7 Å². The van der Waals surface area contributed by atoms with E-state index in [9.17, 15) is 9.90 Å². The smallest absolute Gasteiger partial charge is 0.352 e. The number of nitrogens with zero attached hydrogens (tertiary/aromatic N) is 1. The van der Waals surface area contributed by atoms with Gasteiger partial charge in [-0.1, -0.05) is 37.0 Å². The molecule has 27 heavy (non-hydrogen) atoms. The maximum absolute atomic E-state index is 11.4. The molecule has 1 N–H and O–H groups in total. The average Bonchev–Trinajstić information content (AvgIpc) is 2.95. The monoisotopic (exact) mass is 407 g/mol. The Labute approximate surface area is 167 Å². The number of rotatable bonds is 5. The van der Waals surface area contributed by atoms with Crippen molar-refractivity contribution in [2.24, 2.45) is 7.05 Å². The first-order valence-corrected chi connectivity index (χ1v) is 9.06. The lowest BCUT2D eigenvalue weighted by molar-refractivity contribution is 0.0687. The fourth-order valence-corrected chi connectivity index (χ4v) is 3.60. The zero-order valence-electron chi connectivity index (χ0n) is 15.3. The molecule has 3 aromatic rings. The van der Waals surface area contributed by atoms with Crippen molar-refractivity contribution in [3.05, 3.63) is 51.6 Å². The van der Waals surface area contributed by atoms with E-state index in [1.165, 1.54) is 10.6 Å². The summed E-state index contributed by atoms with van der Waals surface area (Å²) in [4.78, 5) is 11.4. The molecular weight excluding hydrogens is 389 g/mol. The molecule has 142 valence electrons. The molecule has 0 amide bonds. The molecule has 0 fully saturated rings. The van der Waals surface area contributed by atoms with Crippen LogP contribution in [0.1, 0.15) is 35.8 Å². The molecular formula is C20H19Cl2NO4. The Hall–Kier alpha value is -2.37. The quantitative estimate of drug-likeness (QED) is 0.554. The molecule has 1 heterocycles. The molecule has 0 saturated carbocycles. The Kier molecular flexibility index (Phi) is 5.27. The van der Waals surface area contributed by atoms with Crippen LogP contribution in [0, 0.1) is 0 Å². The zero-order chi connectivity index (χ0) is 19.9. The summed E-state index contributed by atoms with van der Waals surface area (Å²) >= 11 is 12.9. The zero-order valence-corrected chi connectivity index (χ0v) is 16.9. The summed E-state index contributed by atoms with van der Waals surface area (Å²) in [5.41, 5.74) is 1.73. The lowest BCUT2D eigenvalue weighted by Crippen LogP contribution is -2.03. The van der Waals surface area contributed by atoms with E-state index in [2.05, 4.69) is 13.8 Å². The van der Waals surface area contributed by atoms with E-state index in [4.69, 9.17) is 32.7 Å². The number of hydrogen-bond donors (Lipinski definition) is 1. The second kappa shape index (κ2) is 7.33. The largest absolute Gasteiger partial charge is 0.496 e. The van der Waals surface area contributed by atoms with Gasteiger partial charge in [0.2, 0.25) is 0 Å². The van der Waals surface area contributed by atoms with Crippen molar-refractivity contribution in [3.8, 4) is 17.2 Å². The summed E-state index contributed by atoms with van der Waals surface area (Å²) in [5.74, 6) is 0.827. The van der Waals surface area contributed by atoms with Gasteiger partial charge in [0.15, 0.2) is 5.75 Å². The van der Waals surface area contributed by atoms with Gasteiger partial charge in [0.1, 0.15) is 17.2 Å². The van der Waals surface area contributed by atoms with Crippen LogP contribution < -0.4 is 9.47 Å². The maximum Gasteiger partial charge on any atom is 0.352 e. The van der Waals surface area contributed by atoms with Gasteiger partial charge in [0, 0.05) is 18.0 Å². The van der Waals surface area contributed by atoms with Crippen molar-refractivity contribution in [2.75, 3.05) is 7.11 Å². The number of aromatic carboxylic acids is 1. The van der Waals surface area contributed by atoms with Crippen LogP contribution in [0.2, 0.25) is 10.0 Å². The number of hydrogen-bond acceptors (Lipinski definition) is 3. The third kappa shape index (κ3) is 3.45. The summed E-state index contributed by atoms with van der Waals surface area (Å²) in [6.07, 6.45) is 0. The predicted molar refractivity (Wildman–Crippen MR) is 107 cm³/mol. The number of ether oxygens (including phenoxy) is 2. The molecule has 2 aromatic carbocycles. The van der Waals surface area contributed by atoms with Gasteiger partial charge in [0.25, 0.3) is 0 Å². The number of aromatic nitrogens is 1. The maximum atomic E-state index is 11.4. The van der Waals surface area contributed by atoms with Crippen molar-refractivity contribution in [1.82, 2.24) is 4.57 Å². The van der Waals surface area contributed by atoms with Crippen LogP contribution in [0.25, 0.3) is 10.9 Å². The van der Waals surface area contributed by atoms with Crippen molar-refractivity contribution in [1.29, 1.82) is 0 Å². The Morgan fingerprint density at radius 2 is 1.89 bits per heavy atom. The normalized spacial score (nSPS) is 11.2. The average molecular weight is 408 g/mol. The van der Waals surface area contributed by atoms with E-state index in [0.29, 0.717) is 21.7 Å². The minimum atomic E-state index is -1.04. The molecule has 7 heteroatoms. The first-order chi connectivity index (χ1) is 12.7. The van der Waals surface area contributed by atoms with Crippen molar-refractivity contribution < 1.29 is 19.4 Å². The number of methoxy groups -OCH3 is 1. The van der Waals surface area contributed by atoms with Crippen LogP contribution in [0.4, 0.5) is 0 Å². The van der Waals surface area contributed by atoms with E-state index >= 15 is 0 Å². The van der Waals surface area contributed by atoms with E-state index in [1.807, 2.05) is 12.1 Å². The van der Waals surface area contributed by atoms with Crippen LogP contribution in [-0.2, 0) is 7.05 Å². The third-order valence-electron chi connectivity index (χ3n) is 4.46. The second-order valence-corrected chi connectivity index (χ2v) is 7.27. The highest BCUT2D eigenvalue weighted by Crippen LogP contribution is 2.43. The van der Waals surface area contributed by atoms with Gasteiger partial charge in [-0.3, -0.25) is 0 Å². The first kappa shape index (κ1) is 19.4. The van der Waals surface area contributed by atoms with Gasteiger partial charge >= 0.3 is 5.97 Å². The van der Waals surface area contributed by atoms with E-state index in [1.54, 1.807) is 26.3 Å². The molecule has 0 bridgehead atoms. The Morgan fingerprint density at radius 3 is 2.48 bits per heavy atom. The van der Waals surface area contributed by atoms with Gasteiger partial charge in [-0.2, -0.15) is 0 Å². The summed E-state index contributed by atoms with van der Waals surface area (Å²) in [7, 11) is 3.27. The third-order valence-corrected chi connectivity index (χ3v) is 5.11. The molecule has 0 spiro atoms. The van der Waals surface area contributed by atoms with E-state index in [0.717, 1.165) is 11.3 Å². The molecule has 0 unspecified atom stereocenters. The van der Waals surface area contributed by atoms with E-state index in [-0.39, 0.29) is 22.4 Å². The lowest BCUT2D eigenvalue weighted by atomic mass is 10.0. The van der Waals surface area contributed by atoms with Gasteiger partial charge in [-0.15, -0.1) is 0 Å². The van der Waals surface area contributed by atoms with Gasteiger partial charge < -0.3 is 19.1 Å². The molecule has 0 aliphatic carbocycles. The summed E-state index contributed by atoms with van der Waals surface area (Å²) in [6, 6.07) is 8.65. The van der Waals surface area contributed by atoms with Crippen LogP contribution in [0.15, 0.2) is 30.3 Å². The Bertz CT molecular complexity index is 1040. The van der Waals surface area contributed by atoms with Gasteiger partial charge in [-0.25, -0.2) is 4.79 Å². The number of carbonyl (C=O) groups is 1. The number of benzene rings is 2. The van der Waals surface area contributed by atoms with Crippen molar-refractivity contribution >= 4 is 40.1 Å². The summed E-state index contributed by atoms with van der Waals surface area (Å²) < 4.78 is 12.9. The molecule has 0 aliphatic heterocycles. The molecule has 0 saturated heterocycles. The predicted octanol–water partition coefficient (Wildman–Crippen LogP) is 6.11. The highest BCUT2D eigenvalue weighted by Gasteiger charge is 2.20. The molecule has 0 radical (unpaired) electrons. The van der Waals surface area contributed by atoms with Gasteiger partial charge in [0.05, 0.1) is 22.7 Å². The second-order valence-electron chi connectivity index (χ2n) is 6.49. The Morgan fingerprint density at radius 1 is 1.19 bits per heavy atom. The molecule has 0 atom stereocenters. The van der Waals surface area contributed by atoms with E-state index < -0.39 is 5.97 Å². The summed E-state index contributed by atoms with van der Waals surface area (Å²) in [5, 5.41) is 10.5. The van der Waals surface area contributed by atoms with Crippen molar-refractivity contribution in [2.45, 2.75) is 19.8 Å². The first-order valence-electron chi connectivity index (χ1n) is 8.31. The minimum absolute atomic E-state index is 0.117. The fourth-order valence-electron chi connectivity index (χ4n) is 3.02. The number of aryl methyl sites for hydroxylation is 1. The standard InChI is InChI=1S/C20H19Cl2NO4/c1-10(2)12-7-11(5-6-17(12)26-4)27-19-14(21)9-15-13(18(19)22)8-16(20(24)25)23(15)3/h5-10H,1-4H3,(H,24,25). The minimum Gasteiger partial charge on any atom is -0.496 e. The van der Waals surface area contributed by atoms with Crippen LogP contribution >= 0.6 is 23.2 Å². The summed E-state index contributed by atoms with van der Waals surface area (Å²) in [6.45, 7) is 4.12. The number of carboxylic acids is 1. The fraction of sp³-hybridized carbons (Fsp3) is 0.250. The number of fused-ring (bicyclic) bond motifs is 1. The highest BCUT2D eigenvalue weighted by atomic mass is 35.5. The van der Waals surface area contributed by atoms with Crippen LogP contribution in [0.5, 0.6) is 17.2 Å². The SMILES string of the molecule is COc1ccc(Oc2c(Cl)cc3c(cc(C(=O)O)n3C)c2Cl)cc1C(C)C. The number of carboxylic acid groups (broad SMARTS) is 1. The molecule has 1 aromatic heterocycles. The molecule has 5 nitrogen and oxygen atoms in total. The van der Waals surface area contributed by atoms with Crippen LogP contribution in [0.3, 0.4) is 0 Å².